The lowest BCUT2D eigenvalue weighted by molar-refractivity contribution is -0.233. The molecule has 3 unspecified atom stereocenters. The van der Waals surface area contributed by atoms with E-state index >= 15 is 0 Å². The summed E-state index contributed by atoms with van der Waals surface area (Å²) in [5.74, 6) is -3.61. The zero-order valence-corrected chi connectivity index (χ0v) is 33.6. The molecule has 11 nitrogen and oxygen atoms in total. The van der Waals surface area contributed by atoms with Crippen LogP contribution < -0.4 is 5.32 Å². The van der Waals surface area contributed by atoms with E-state index < -0.39 is 82.9 Å². The van der Waals surface area contributed by atoms with Gasteiger partial charge in [-0.3, -0.25) is 14.4 Å². The third kappa shape index (κ3) is 7.90. The standard InChI is InChI=1S/C37H62INO10/c1-12-26-37(9)28(29(34(43)49-37)39-18-24-14-13-15-46-24)22(5)30(40)19(2)16-35(7,44-10)31(38)20(3)27(21(4)33(42)48-26)25-17-36(8,45-11)32(41)23(6)47-25/h19-29,31-32,39,41H,12-18H2,1-11H3/t19-,20+,21-,22-,23+,24?,25?,26-,27+,28+,29?,31-,32+,35-,36-,37-/m1/s1. The first kappa shape index (κ1) is 40.9. The van der Waals surface area contributed by atoms with Gasteiger partial charge in [-0.2, -0.15) is 0 Å². The molecule has 4 saturated heterocycles. The van der Waals surface area contributed by atoms with E-state index in [9.17, 15) is 19.5 Å². The van der Waals surface area contributed by atoms with Crippen molar-refractivity contribution < 1.29 is 47.9 Å². The molecule has 0 aromatic rings. The Kier molecular flexibility index (Phi) is 13.3. The number of halogens is 1. The van der Waals surface area contributed by atoms with Crippen molar-refractivity contribution in [1.82, 2.24) is 5.32 Å². The number of esters is 2. The zero-order valence-electron chi connectivity index (χ0n) is 31.5. The van der Waals surface area contributed by atoms with Crippen LogP contribution in [-0.2, 0) is 42.8 Å². The van der Waals surface area contributed by atoms with Crippen molar-refractivity contribution in [3.05, 3.63) is 0 Å². The molecule has 4 aliphatic rings. The number of hydrogen-bond acceptors (Lipinski definition) is 11. The maximum atomic E-state index is 14.5. The second kappa shape index (κ2) is 16.0. The Morgan fingerprint density at radius 1 is 0.959 bits per heavy atom. The van der Waals surface area contributed by atoms with Crippen molar-refractivity contribution in [2.24, 2.45) is 35.5 Å². The van der Waals surface area contributed by atoms with Gasteiger partial charge in [-0.25, -0.2) is 0 Å². The topological polar surface area (TPSA) is 139 Å². The SMILES string of the molecule is CC[C@H]1OC(=O)[C@H](C)[C@@H](C2C[C@@](C)(OC)[C@@H](O)[C@H](C)O2)[C@H](C)[C@@H](I)[C@](C)(OC)C[C@@H](C)C(=O)[C@H](C)[C@H]2C(NCC3CCCO3)C(=O)O[C@@]21C. The Morgan fingerprint density at radius 3 is 2.18 bits per heavy atom. The number of ketones is 1. The predicted molar refractivity (Wildman–Crippen MR) is 192 cm³/mol. The molecule has 16 atom stereocenters. The average Bonchev–Trinajstić information content (AvgIpc) is 3.68. The smallest absolute Gasteiger partial charge is 0.324 e. The van der Waals surface area contributed by atoms with Crippen LogP contribution in [-0.4, -0.2) is 107 Å². The molecule has 2 N–H and O–H groups in total. The van der Waals surface area contributed by atoms with E-state index in [0.29, 0.717) is 32.4 Å². The lowest BCUT2D eigenvalue weighted by atomic mass is 9.67. The molecule has 282 valence electrons. The molecule has 0 aliphatic carbocycles. The summed E-state index contributed by atoms with van der Waals surface area (Å²) in [5, 5.41) is 14.4. The molecule has 49 heavy (non-hydrogen) atoms. The van der Waals surface area contributed by atoms with Crippen LogP contribution in [0.2, 0.25) is 0 Å². The maximum absolute atomic E-state index is 14.5. The van der Waals surface area contributed by atoms with Crippen LogP contribution >= 0.6 is 22.6 Å². The van der Waals surface area contributed by atoms with Crippen LogP contribution in [0.4, 0.5) is 0 Å². The summed E-state index contributed by atoms with van der Waals surface area (Å²) >= 11 is 2.41. The molecule has 0 spiro atoms. The number of aliphatic hydroxyl groups is 1. The van der Waals surface area contributed by atoms with Gasteiger partial charge in [0.15, 0.2) is 5.60 Å². The Labute approximate surface area is 307 Å². The first-order valence-electron chi connectivity index (χ1n) is 18.3. The number of carbonyl (C=O) groups excluding carboxylic acids is 3. The van der Waals surface area contributed by atoms with Gasteiger partial charge in [-0.1, -0.05) is 57.2 Å². The molecule has 4 fully saturated rings. The van der Waals surface area contributed by atoms with E-state index in [0.717, 1.165) is 12.8 Å². The van der Waals surface area contributed by atoms with Crippen LogP contribution in [0.25, 0.3) is 0 Å². The Balaban J connectivity index is 1.80. The van der Waals surface area contributed by atoms with Crippen LogP contribution in [0.5, 0.6) is 0 Å². The van der Waals surface area contributed by atoms with Crippen LogP contribution in [0.3, 0.4) is 0 Å². The first-order valence-corrected chi connectivity index (χ1v) is 19.5. The second-order valence-corrected chi connectivity index (χ2v) is 17.3. The number of aliphatic hydroxyl groups excluding tert-OH is 1. The molecule has 0 amide bonds. The highest BCUT2D eigenvalue weighted by Crippen LogP contribution is 2.48. The number of cyclic esters (lactones) is 1. The second-order valence-electron chi connectivity index (χ2n) is 16.0. The number of nitrogens with one attached hydrogen (secondary N) is 1. The molecule has 12 heteroatoms. The van der Waals surface area contributed by atoms with E-state index in [4.69, 9.17) is 28.4 Å². The summed E-state index contributed by atoms with van der Waals surface area (Å²) < 4.78 is 37.0. The minimum Gasteiger partial charge on any atom is -0.458 e. The van der Waals surface area contributed by atoms with Crippen molar-refractivity contribution in [2.75, 3.05) is 27.4 Å². The van der Waals surface area contributed by atoms with E-state index in [1.807, 2.05) is 55.4 Å². The summed E-state index contributed by atoms with van der Waals surface area (Å²) in [6.45, 7) is 18.4. The van der Waals surface area contributed by atoms with Gasteiger partial charge >= 0.3 is 11.9 Å². The number of carbonyl (C=O) groups is 3. The largest absolute Gasteiger partial charge is 0.458 e. The molecule has 0 bridgehead atoms. The van der Waals surface area contributed by atoms with Gasteiger partial charge in [0.2, 0.25) is 0 Å². The van der Waals surface area contributed by atoms with Gasteiger partial charge < -0.3 is 38.8 Å². The van der Waals surface area contributed by atoms with Crippen molar-refractivity contribution in [3.63, 3.8) is 0 Å². The average molecular weight is 808 g/mol. The highest BCUT2D eigenvalue weighted by Gasteiger charge is 2.61. The Morgan fingerprint density at radius 2 is 1.61 bits per heavy atom. The van der Waals surface area contributed by atoms with Crippen LogP contribution in [0.1, 0.15) is 94.4 Å². The van der Waals surface area contributed by atoms with Gasteiger partial charge in [0.1, 0.15) is 24.0 Å². The third-order valence-corrected chi connectivity index (χ3v) is 15.1. The van der Waals surface area contributed by atoms with Crippen molar-refractivity contribution in [2.45, 2.75) is 152 Å². The fourth-order valence-corrected chi connectivity index (χ4v) is 10.5. The Bertz CT molecular complexity index is 1180. The predicted octanol–water partition coefficient (Wildman–Crippen LogP) is 4.66. The van der Waals surface area contributed by atoms with Gasteiger partial charge in [-0.15, -0.1) is 0 Å². The number of methoxy groups -OCH3 is 2. The highest BCUT2D eigenvalue weighted by atomic mass is 127. The Hall–Kier alpha value is -0.900. The molecule has 4 rings (SSSR count). The summed E-state index contributed by atoms with van der Waals surface area (Å²) in [5.41, 5.74) is -2.90. The molecule has 0 aromatic carbocycles. The molecule has 0 aromatic heterocycles. The van der Waals surface area contributed by atoms with E-state index in [2.05, 4.69) is 34.8 Å². The van der Waals surface area contributed by atoms with Crippen LogP contribution in [0.15, 0.2) is 0 Å². The quantitative estimate of drug-likeness (QED) is 0.211. The maximum Gasteiger partial charge on any atom is 0.324 e. The lowest BCUT2D eigenvalue weighted by Gasteiger charge is -2.50. The molecule has 0 saturated carbocycles. The van der Waals surface area contributed by atoms with Crippen molar-refractivity contribution >= 4 is 40.3 Å². The number of rotatable bonds is 7. The number of alkyl halides is 1. The molecule has 4 aliphatic heterocycles. The van der Waals surface area contributed by atoms with Gasteiger partial charge in [-0.05, 0) is 59.3 Å². The minimum atomic E-state index is -1.26. The minimum absolute atomic E-state index is 0.00964. The molecule has 0 radical (unpaired) electrons. The number of hydrogen-bond donors (Lipinski definition) is 2. The lowest BCUT2D eigenvalue weighted by Crippen LogP contribution is -2.60. The summed E-state index contributed by atoms with van der Waals surface area (Å²) in [4.78, 5) is 42.6. The molecule has 4 heterocycles. The monoisotopic (exact) mass is 807 g/mol. The summed E-state index contributed by atoms with van der Waals surface area (Å²) in [6.07, 6.45) is 0.403. The van der Waals surface area contributed by atoms with E-state index in [1.54, 1.807) is 14.2 Å². The van der Waals surface area contributed by atoms with Gasteiger partial charge in [0.05, 0.1) is 35.4 Å². The number of ether oxygens (including phenoxy) is 6. The van der Waals surface area contributed by atoms with Gasteiger partial charge in [0, 0.05) is 61.4 Å². The van der Waals surface area contributed by atoms with Crippen molar-refractivity contribution in [3.8, 4) is 0 Å². The number of fused-ring (bicyclic) bond motifs is 1. The third-order valence-electron chi connectivity index (χ3n) is 12.7. The fraction of sp³-hybridized carbons (Fsp3) is 0.919. The van der Waals surface area contributed by atoms with Crippen molar-refractivity contribution in [1.29, 1.82) is 0 Å². The molecular formula is C37H62INO10. The van der Waals surface area contributed by atoms with Crippen LogP contribution in [0, 0.1) is 35.5 Å². The van der Waals surface area contributed by atoms with E-state index in [1.165, 1.54) is 0 Å². The number of Topliss-reactive ketones (excluding diaryl/α,β-unsaturated/α-hetero) is 1. The van der Waals surface area contributed by atoms with E-state index in [-0.39, 0.29) is 27.6 Å². The summed E-state index contributed by atoms with van der Waals surface area (Å²) in [6, 6.07) is -0.771. The summed E-state index contributed by atoms with van der Waals surface area (Å²) in [7, 11) is 3.26. The first-order chi connectivity index (χ1) is 22.9. The zero-order chi connectivity index (χ0) is 36.6. The fourth-order valence-electron chi connectivity index (χ4n) is 9.53. The van der Waals surface area contributed by atoms with Gasteiger partial charge in [0.25, 0.3) is 0 Å². The molecular weight excluding hydrogens is 745 g/mol. The normalized spacial score (nSPS) is 48.8. The highest BCUT2D eigenvalue weighted by molar-refractivity contribution is 14.1.